The van der Waals surface area contributed by atoms with Crippen LogP contribution in [0.1, 0.15) is 38.3 Å². The number of aliphatic hydroxyl groups is 1. The highest BCUT2D eigenvalue weighted by Crippen LogP contribution is 2.30. The van der Waals surface area contributed by atoms with Gasteiger partial charge in [0.1, 0.15) is 0 Å². The molecular formula is C13H19ClO. The Labute approximate surface area is 97.1 Å². The van der Waals surface area contributed by atoms with Gasteiger partial charge in [0, 0.05) is 5.02 Å². The van der Waals surface area contributed by atoms with Crippen LogP contribution < -0.4 is 0 Å². The van der Waals surface area contributed by atoms with Gasteiger partial charge in [-0.15, -0.1) is 0 Å². The summed E-state index contributed by atoms with van der Waals surface area (Å²) >= 11 is 6.05. The Hall–Kier alpha value is -0.530. The Kier molecular flexibility index (Phi) is 3.80. The molecule has 0 fully saturated rings. The van der Waals surface area contributed by atoms with Crippen molar-refractivity contribution in [1.29, 1.82) is 0 Å². The van der Waals surface area contributed by atoms with Crippen LogP contribution in [0.2, 0.25) is 5.02 Å². The largest absolute Gasteiger partial charge is 0.385 e. The fraction of sp³-hybridized carbons (Fsp3) is 0.538. The van der Waals surface area contributed by atoms with Gasteiger partial charge in [0.2, 0.25) is 0 Å². The minimum atomic E-state index is -0.786. The second-order valence-corrected chi connectivity index (χ2v) is 5.24. The monoisotopic (exact) mass is 226 g/mol. The lowest BCUT2D eigenvalue weighted by Gasteiger charge is -2.26. The minimum absolute atomic E-state index is 0.458. The van der Waals surface area contributed by atoms with Crippen LogP contribution in [0.4, 0.5) is 0 Å². The van der Waals surface area contributed by atoms with Gasteiger partial charge in [0.25, 0.3) is 0 Å². The summed E-state index contributed by atoms with van der Waals surface area (Å²) in [5.74, 6) is 0.458. The number of aryl methyl sites for hydroxylation is 1. The predicted octanol–water partition coefficient (Wildman–Crippen LogP) is 3.90. The van der Waals surface area contributed by atoms with Gasteiger partial charge in [-0.25, -0.2) is 0 Å². The zero-order valence-corrected chi connectivity index (χ0v) is 10.6. The van der Waals surface area contributed by atoms with Gasteiger partial charge in [0.05, 0.1) is 5.60 Å². The molecule has 1 aromatic carbocycles. The maximum Gasteiger partial charge on any atom is 0.0871 e. The average molecular weight is 227 g/mol. The second-order valence-electron chi connectivity index (χ2n) is 4.84. The molecule has 1 aromatic rings. The molecule has 0 saturated heterocycles. The normalized spacial score (nSPS) is 15.4. The Bertz CT molecular complexity index is 342. The molecule has 2 heteroatoms. The molecule has 0 heterocycles. The first-order valence-electron chi connectivity index (χ1n) is 5.32. The Balaban J connectivity index is 2.99. The van der Waals surface area contributed by atoms with Crippen LogP contribution in [0, 0.1) is 12.8 Å². The molecule has 1 rings (SSSR count). The van der Waals surface area contributed by atoms with Gasteiger partial charge in [-0.1, -0.05) is 37.6 Å². The second kappa shape index (κ2) is 4.54. The van der Waals surface area contributed by atoms with Crippen molar-refractivity contribution in [2.24, 2.45) is 5.92 Å². The predicted molar refractivity (Wildman–Crippen MR) is 65.2 cm³/mol. The highest BCUT2D eigenvalue weighted by molar-refractivity contribution is 6.31. The maximum absolute atomic E-state index is 10.3. The summed E-state index contributed by atoms with van der Waals surface area (Å²) in [5.41, 5.74) is 1.15. The van der Waals surface area contributed by atoms with E-state index in [-0.39, 0.29) is 0 Å². The lowest BCUT2D eigenvalue weighted by Crippen LogP contribution is -2.23. The van der Waals surface area contributed by atoms with Crippen LogP contribution in [0.3, 0.4) is 0 Å². The molecule has 15 heavy (non-hydrogen) atoms. The van der Waals surface area contributed by atoms with Crippen molar-refractivity contribution in [3.8, 4) is 0 Å². The van der Waals surface area contributed by atoms with E-state index in [2.05, 4.69) is 13.8 Å². The molecule has 0 spiro atoms. The molecule has 0 aromatic heterocycles. The number of benzene rings is 1. The standard InChI is InChI=1S/C13H19ClO/c1-9(2)8-13(4,15)11-6-5-10(3)12(14)7-11/h5-7,9,15H,8H2,1-4H3. The summed E-state index contributed by atoms with van der Waals surface area (Å²) in [4.78, 5) is 0. The van der Waals surface area contributed by atoms with E-state index in [9.17, 15) is 5.11 Å². The van der Waals surface area contributed by atoms with E-state index in [0.29, 0.717) is 5.92 Å². The molecule has 1 atom stereocenters. The van der Waals surface area contributed by atoms with Crippen molar-refractivity contribution >= 4 is 11.6 Å². The van der Waals surface area contributed by atoms with E-state index in [4.69, 9.17) is 11.6 Å². The molecule has 0 aliphatic heterocycles. The highest BCUT2D eigenvalue weighted by atomic mass is 35.5. The number of hydrogen-bond donors (Lipinski definition) is 1. The summed E-state index contributed by atoms with van der Waals surface area (Å²) in [6.07, 6.45) is 0.742. The van der Waals surface area contributed by atoms with Crippen LogP contribution in [-0.2, 0) is 5.60 Å². The quantitative estimate of drug-likeness (QED) is 0.829. The molecule has 84 valence electrons. The van der Waals surface area contributed by atoms with E-state index in [1.165, 1.54) is 0 Å². The first kappa shape index (κ1) is 12.5. The molecule has 1 N–H and O–H groups in total. The van der Waals surface area contributed by atoms with E-state index in [1.807, 2.05) is 32.0 Å². The number of rotatable bonds is 3. The van der Waals surface area contributed by atoms with Crippen LogP contribution in [0.25, 0.3) is 0 Å². The fourth-order valence-electron chi connectivity index (χ4n) is 1.84. The Morgan fingerprint density at radius 1 is 1.40 bits per heavy atom. The van der Waals surface area contributed by atoms with Crippen molar-refractivity contribution in [3.05, 3.63) is 34.3 Å². The molecule has 1 unspecified atom stereocenters. The average Bonchev–Trinajstić information content (AvgIpc) is 2.07. The molecule has 0 amide bonds. The molecule has 0 aliphatic rings. The molecule has 0 bridgehead atoms. The van der Waals surface area contributed by atoms with Crippen molar-refractivity contribution in [3.63, 3.8) is 0 Å². The van der Waals surface area contributed by atoms with Gasteiger partial charge in [-0.3, -0.25) is 0 Å². The van der Waals surface area contributed by atoms with E-state index >= 15 is 0 Å². The smallest absolute Gasteiger partial charge is 0.0871 e. The summed E-state index contributed by atoms with van der Waals surface area (Å²) in [5, 5.41) is 11.0. The van der Waals surface area contributed by atoms with Gasteiger partial charge in [0.15, 0.2) is 0 Å². The fourth-order valence-corrected chi connectivity index (χ4v) is 2.02. The lowest BCUT2D eigenvalue weighted by atomic mass is 9.87. The van der Waals surface area contributed by atoms with Crippen LogP contribution in [0.15, 0.2) is 18.2 Å². The summed E-state index contributed by atoms with van der Waals surface area (Å²) < 4.78 is 0. The van der Waals surface area contributed by atoms with Gasteiger partial charge >= 0.3 is 0 Å². The van der Waals surface area contributed by atoms with Crippen molar-refractivity contribution < 1.29 is 5.11 Å². The van der Waals surface area contributed by atoms with Crippen LogP contribution in [0.5, 0.6) is 0 Å². The van der Waals surface area contributed by atoms with Crippen LogP contribution in [-0.4, -0.2) is 5.11 Å². The first-order chi connectivity index (χ1) is 6.83. The zero-order chi connectivity index (χ0) is 11.6. The zero-order valence-electron chi connectivity index (χ0n) is 9.84. The van der Waals surface area contributed by atoms with Gasteiger partial charge in [-0.2, -0.15) is 0 Å². The van der Waals surface area contributed by atoms with Gasteiger partial charge < -0.3 is 5.11 Å². The third-order valence-corrected chi connectivity index (χ3v) is 3.01. The SMILES string of the molecule is Cc1ccc(C(C)(O)CC(C)C)cc1Cl. The summed E-state index contributed by atoms with van der Waals surface area (Å²) in [6, 6.07) is 5.76. The highest BCUT2D eigenvalue weighted by Gasteiger charge is 2.24. The van der Waals surface area contributed by atoms with Crippen molar-refractivity contribution in [1.82, 2.24) is 0 Å². The Morgan fingerprint density at radius 3 is 2.47 bits per heavy atom. The van der Waals surface area contributed by atoms with E-state index in [1.54, 1.807) is 0 Å². The number of hydrogen-bond acceptors (Lipinski definition) is 1. The molecule has 0 saturated carbocycles. The topological polar surface area (TPSA) is 20.2 Å². The van der Waals surface area contributed by atoms with E-state index in [0.717, 1.165) is 22.6 Å². The molecule has 0 aliphatic carbocycles. The van der Waals surface area contributed by atoms with Crippen molar-refractivity contribution in [2.75, 3.05) is 0 Å². The Morgan fingerprint density at radius 2 is 2.00 bits per heavy atom. The summed E-state index contributed by atoms with van der Waals surface area (Å²) in [7, 11) is 0. The van der Waals surface area contributed by atoms with Crippen LogP contribution >= 0.6 is 11.6 Å². The molecule has 0 radical (unpaired) electrons. The van der Waals surface area contributed by atoms with Gasteiger partial charge in [-0.05, 0) is 43.4 Å². The van der Waals surface area contributed by atoms with E-state index < -0.39 is 5.60 Å². The molecular weight excluding hydrogens is 208 g/mol. The number of halogens is 1. The molecule has 1 nitrogen and oxygen atoms in total. The third kappa shape index (κ3) is 3.22. The summed E-state index contributed by atoms with van der Waals surface area (Å²) in [6.45, 7) is 8.01. The third-order valence-electron chi connectivity index (χ3n) is 2.60. The first-order valence-corrected chi connectivity index (χ1v) is 5.70. The lowest BCUT2D eigenvalue weighted by molar-refractivity contribution is 0.0349. The maximum atomic E-state index is 10.3. The van der Waals surface area contributed by atoms with Crippen molar-refractivity contribution in [2.45, 2.75) is 39.7 Å². The minimum Gasteiger partial charge on any atom is -0.385 e.